The second-order valence-corrected chi connectivity index (χ2v) is 10.9. The van der Waals surface area contributed by atoms with Gasteiger partial charge in [0.25, 0.3) is 5.69 Å². The lowest BCUT2D eigenvalue weighted by Gasteiger charge is -2.32. The Labute approximate surface area is 200 Å². The van der Waals surface area contributed by atoms with Gasteiger partial charge in [-0.05, 0) is 35.9 Å². The first-order valence-electron chi connectivity index (χ1n) is 9.38. The Balaban J connectivity index is 1.72. The molecule has 0 radical (unpaired) electrons. The number of halogens is 2. The number of carbonyl (C=O) groups is 1. The number of amides is 1. The molecule has 1 aliphatic heterocycles. The minimum Gasteiger partial charge on any atom is -0.337 e. The van der Waals surface area contributed by atoms with Gasteiger partial charge in [0.05, 0.1) is 21.1 Å². The van der Waals surface area contributed by atoms with Crippen LogP contribution in [0, 0.1) is 10.1 Å². The van der Waals surface area contributed by atoms with Crippen molar-refractivity contribution in [2.24, 2.45) is 0 Å². The monoisotopic (exact) mass is 515 g/mol. The van der Waals surface area contributed by atoms with E-state index in [4.69, 9.17) is 23.2 Å². The van der Waals surface area contributed by atoms with Crippen LogP contribution in [-0.2, 0) is 14.8 Å². The summed E-state index contributed by atoms with van der Waals surface area (Å²) in [6.07, 6.45) is 3.97. The molecule has 0 atom stereocenters. The molecule has 12 heteroatoms. The molecule has 0 spiro atoms. The highest BCUT2D eigenvalue weighted by molar-refractivity contribution is 7.99. The number of rotatable bonds is 6. The molecule has 0 aliphatic carbocycles. The van der Waals surface area contributed by atoms with Crippen LogP contribution in [-0.4, -0.2) is 60.9 Å². The lowest BCUT2D eigenvalue weighted by atomic mass is 10.2. The van der Waals surface area contributed by atoms with Crippen molar-refractivity contribution in [3.8, 4) is 0 Å². The first-order chi connectivity index (χ1) is 15.0. The molecule has 1 saturated heterocycles. The van der Waals surface area contributed by atoms with Crippen molar-refractivity contribution in [2.75, 3.05) is 32.4 Å². The van der Waals surface area contributed by atoms with E-state index in [1.54, 1.807) is 35.2 Å². The fraction of sp³-hybridized carbons (Fsp3) is 0.250. The third-order valence-corrected chi connectivity index (χ3v) is 7.84. The summed E-state index contributed by atoms with van der Waals surface area (Å²) in [6.45, 7) is 1.05. The average molecular weight is 516 g/mol. The molecule has 1 aliphatic rings. The first-order valence-corrected chi connectivity index (χ1v) is 12.8. The highest BCUT2D eigenvalue weighted by atomic mass is 35.5. The third-order valence-electron chi connectivity index (χ3n) is 4.73. The van der Waals surface area contributed by atoms with Gasteiger partial charge in [-0.2, -0.15) is 4.31 Å². The number of nitro groups is 1. The van der Waals surface area contributed by atoms with Crippen molar-refractivity contribution < 1.29 is 18.1 Å². The van der Waals surface area contributed by atoms with Crippen LogP contribution in [0.25, 0.3) is 6.08 Å². The molecule has 1 amide bonds. The maximum atomic E-state index is 12.4. The Hall–Kier alpha value is -2.11. The normalized spacial score (nSPS) is 15.3. The van der Waals surface area contributed by atoms with Crippen LogP contribution in [0.15, 0.2) is 52.3 Å². The highest BCUT2D eigenvalue weighted by Gasteiger charge is 2.25. The molecule has 8 nitrogen and oxygen atoms in total. The van der Waals surface area contributed by atoms with Gasteiger partial charge in [-0.3, -0.25) is 14.9 Å². The summed E-state index contributed by atoms with van der Waals surface area (Å²) in [5.41, 5.74) is 0.378. The van der Waals surface area contributed by atoms with Gasteiger partial charge in [-0.15, -0.1) is 0 Å². The van der Waals surface area contributed by atoms with Gasteiger partial charge in [-0.25, -0.2) is 8.42 Å². The lowest BCUT2D eigenvalue weighted by Crippen LogP contribution is -2.49. The third kappa shape index (κ3) is 6.23. The van der Waals surface area contributed by atoms with Crippen LogP contribution >= 0.6 is 35.0 Å². The van der Waals surface area contributed by atoms with Crippen LogP contribution in [0.2, 0.25) is 10.0 Å². The molecule has 2 aromatic carbocycles. The molecule has 0 N–H and O–H groups in total. The SMILES string of the molecule is CS(=O)(=O)N1CCN(C(=O)C=Cc2ccc(Sc3ccc(Cl)cc3Cl)c([N+](=O)[O-])c2)CC1. The van der Waals surface area contributed by atoms with E-state index in [1.807, 2.05) is 0 Å². The van der Waals surface area contributed by atoms with Gasteiger partial charge in [-0.1, -0.05) is 41.0 Å². The van der Waals surface area contributed by atoms with E-state index in [1.165, 1.54) is 22.5 Å². The van der Waals surface area contributed by atoms with E-state index >= 15 is 0 Å². The van der Waals surface area contributed by atoms with Crippen molar-refractivity contribution in [1.82, 2.24) is 9.21 Å². The van der Waals surface area contributed by atoms with Crippen LogP contribution < -0.4 is 0 Å². The highest BCUT2D eigenvalue weighted by Crippen LogP contribution is 2.39. The Bertz CT molecular complexity index is 1180. The molecule has 170 valence electrons. The number of carbonyl (C=O) groups excluding carboxylic acids is 1. The van der Waals surface area contributed by atoms with Crippen LogP contribution in [0.5, 0.6) is 0 Å². The summed E-state index contributed by atoms with van der Waals surface area (Å²) < 4.78 is 24.5. The number of hydrogen-bond acceptors (Lipinski definition) is 6. The molecule has 3 rings (SSSR count). The molecule has 1 fully saturated rings. The maximum Gasteiger partial charge on any atom is 0.283 e. The molecule has 0 bridgehead atoms. The summed E-state index contributed by atoms with van der Waals surface area (Å²) in [5.74, 6) is -0.285. The fourth-order valence-corrected chi connectivity index (χ4v) is 5.31. The standard InChI is InChI=1S/C20H19Cl2N3O5S2/c1-32(29,30)24-10-8-23(9-11-24)20(26)7-3-14-2-5-19(17(12-14)25(27)28)31-18-6-4-15(21)13-16(18)22/h2-7,12-13H,8-11H2,1H3. The van der Waals surface area contributed by atoms with E-state index in [9.17, 15) is 23.3 Å². The molecule has 2 aromatic rings. The summed E-state index contributed by atoms with van der Waals surface area (Å²) in [6, 6.07) is 9.57. The van der Waals surface area contributed by atoms with E-state index in [-0.39, 0.29) is 37.8 Å². The van der Waals surface area contributed by atoms with Gasteiger partial charge < -0.3 is 4.90 Å². The summed E-state index contributed by atoms with van der Waals surface area (Å²) in [5, 5.41) is 12.4. The molecule has 0 unspecified atom stereocenters. The average Bonchev–Trinajstić information content (AvgIpc) is 2.74. The van der Waals surface area contributed by atoms with Gasteiger partial charge in [0.15, 0.2) is 0 Å². The zero-order valence-electron chi connectivity index (χ0n) is 16.9. The predicted octanol–water partition coefficient (Wildman–Crippen LogP) is 4.17. The minimum atomic E-state index is -3.28. The molecule has 0 aromatic heterocycles. The quantitative estimate of drug-likeness (QED) is 0.325. The Morgan fingerprint density at radius 2 is 1.75 bits per heavy atom. The number of nitro benzene ring substituents is 1. The largest absolute Gasteiger partial charge is 0.337 e. The zero-order valence-corrected chi connectivity index (χ0v) is 20.0. The Kier molecular flexibility index (Phi) is 7.84. The van der Waals surface area contributed by atoms with Gasteiger partial charge >= 0.3 is 0 Å². The van der Waals surface area contributed by atoms with E-state index in [2.05, 4.69) is 0 Å². The second-order valence-electron chi connectivity index (χ2n) is 6.98. The van der Waals surface area contributed by atoms with Gasteiger partial charge in [0, 0.05) is 48.2 Å². The van der Waals surface area contributed by atoms with Gasteiger partial charge in [0.1, 0.15) is 0 Å². The molecule has 1 heterocycles. The molecule has 0 saturated carbocycles. The fourth-order valence-electron chi connectivity index (χ4n) is 3.06. The van der Waals surface area contributed by atoms with Crippen molar-refractivity contribution in [1.29, 1.82) is 0 Å². The first kappa shape index (κ1) is 24.5. The van der Waals surface area contributed by atoms with Crippen LogP contribution in [0.4, 0.5) is 5.69 Å². The molecular weight excluding hydrogens is 497 g/mol. The number of nitrogens with zero attached hydrogens (tertiary/aromatic N) is 3. The number of sulfonamides is 1. The molecule has 32 heavy (non-hydrogen) atoms. The Morgan fingerprint density at radius 3 is 2.34 bits per heavy atom. The summed E-state index contributed by atoms with van der Waals surface area (Å²) in [4.78, 5) is 26.1. The van der Waals surface area contributed by atoms with Crippen LogP contribution in [0.3, 0.4) is 0 Å². The second kappa shape index (κ2) is 10.2. The molecular formula is C20H19Cl2N3O5S2. The van der Waals surface area contributed by atoms with Gasteiger partial charge in [0.2, 0.25) is 15.9 Å². The van der Waals surface area contributed by atoms with Crippen LogP contribution in [0.1, 0.15) is 5.56 Å². The van der Waals surface area contributed by atoms with Crippen molar-refractivity contribution in [3.05, 3.63) is 68.2 Å². The maximum absolute atomic E-state index is 12.4. The minimum absolute atomic E-state index is 0.114. The summed E-state index contributed by atoms with van der Waals surface area (Å²) in [7, 11) is -3.28. The predicted molar refractivity (Wildman–Crippen MR) is 126 cm³/mol. The number of hydrogen-bond donors (Lipinski definition) is 0. The topological polar surface area (TPSA) is 101 Å². The lowest BCUT2D eigenvalue weighted by molar-refractivity contribution is -0.387. The summed E-state index contributed by atoms with van der Waals surface area (Å²) >= 11 is 13.2. The van der Waals surface area contributed by atoms with E-state index in [0.29, 0.717) is 25.4 Å². The van der Waals surface area contributed by atoms with Crippen molar-refractivity contribution in [3.63, 3.8) is 0 Å². The number of piperazine rings is 1. The van der Waals surface area contributed by atoms with Crippen molar-refractivity contribution in [2.45, 2.75) is 9.79 Å². The zero-order chi connectivity index (χ0) is 23.5. The van der Waals surface area contributed by atoms with E-state index in [0.717, 1.165) is 18.0 Å². The Morgan fingerprint density at radius 1 is 1.09 bits per heavy atom. The van der Waals surface area contributed by atoms with E-state index < -0.39 is 14.9 Å². The number of benzene rings is 2. The smallest absolute Gasteiger partial charge is 0.283 e. The van der Waals surface area contributed by atoms with Crippen molar-refractivity contribution >= 4 is 62.7 Å².